The minimum atomic E-state index is -0.286. The lowest BCUT2D eigenvalue weighted by atomic mass is 10.2. The standard InChI is InChI=1S/C26H25FIN3O3/c1-33-24-15-19(14-23(28)25(24)34-17-18-4-8-21(27)9-5-18)16-29-30-26(32)20-6-10-22(11-7-20)31-12-2-3-13-31/h4-11,14-16H,2-3,12-13,17H2,1H3,(H,30,32)/b29-16-. The van der Waals surface area contributed by atoms with Crippen molar-refractivity contribution in [3.63, 3.8) is 0 Å². The number of nitrogens with zero attached hydrogens (tertiary/aromatic N) is 2. The summed E-state index contributed by atoms with van der Waals surface area (Å²) in [6.45, 7) is 2.41. The normalized spacial score (nSPS) is 13.3. The van der Waals surface area contributed by atoms with E-state index >= 15 is 0 Å². The van der Waals surface area contributed by atoms with E-state index in [1.54, 1.807) is 31.5 Å². The number of methoxy groups -OCH3 is 1. The zero-order valence-electron chi connectivity index (χ0n) is 18.8. The van der Waals surface area contributed by atoms with Crippen molar-refractivity contribution in [1.29, 1.82) is 0 Å². The van der Waals surface area contributed by atoms with E-state index in [4.69, 9.17) is 9.47 Å². The van der Waals surface area contributed by atoms with Crippen molar-refractivity contribution >= 4 is 40.4 Å². The van der Waals surface area contributed by atoms with Gasteiger partial charge in [0.25, 0.3) is 5.91 Å². The second-order valence-corrected chi connectivity index (χ2v) is 9.05. The van der Waals surface area contributed by atoms with Crippen molar-refractivity contribution in [3.05, 3.63) is 86.7 Å². The zero-order valence-corrected chi connectivity index (χ0v) is 20.9. The van der Waals surface area contributed by atoms with Crippen molar-refractivity contribution in [3.8, 4) is 11.5 Å². The minimum absolute atomic E-state index is 0.273. The Labute approximate surface area is 211 Å². The molecule has 0 radical (unpaired) electrons. The van der Waals surface area contributed by atoms with Crippen molar-refractivity contribution < 1.29 is 18.7 Å². The third kappa shape index (κ3) is 6.05. The Hall–Kier alpha value is -3.14. The maximum Gasteiger partial charge on any atom is 0.271 e. The van der Waals surface area contributed by atoms with Gasteiger partial charge in [-0.15, -0.1) is 0 Å². The van der Waals surface area contributed by atoms with E-state index in [1.165, 1.54) is 25.0 Å². The van der Waals surface area contributed by atoms with Crippen LogP contribution in [-0.4, -0.2) is 32.3 Å². The molecule has 0 unspecified atom stereocenters. The van der Waals surface area contributed by atoms with E-state index in [0.717, 1.165) is 33.5 Å². The van der Waals surface area contributed by atoms with Crippen molar-refractivity contribution in [2.45, 2.75) is 19.4 Å². The van der Waals surface area contributed by atoms with E-state index in [2.05, 4.69) is 38.0 Å². The van der Waals surface area contributed by atoms with Crippen LogP contribution in [0.5, 0.6) is 11.5 Å². The molecule has 0 atom stereocenters. The highest BCUT2D eigenvalue weighted by Crippen LogP contribution is 2.34. The van der Waals surface area contributed by atoms with Gasteiger partial charge >= 0.3 is 0 Å². The Morgan fingerprint density at radius 1 is 1.12 bits per heavy atom. The lowest BCUT2D eigenvalue weighted by molar-refractivity contribution is 0.0955. The maximum atomic E-state index is 13.1. The van der Waals surface area contributed by atoms with E-state index < -0.39 is 0 Å². The number of hydrogen-bond acceptors (Lipinski definition) is 5. The van der Waals surface area contributed by atoms with Crippen LogP contribution in [0.3, 0.4) is 0 Å². The van der Waals surface area contributed by atoms with E-state index in [0.29, 0.717) is 17.1 Å². The number of nitrogens with one attached hydrogen (secondary N) is 1. The number of halogens is 2. The van der Waals surface area contributed by atoms with Crippen molar-refractivity contribution in [1.82, 2.24) is 5.43 Å². The first-order valence-corrected chi connectivity index (χ1v) is 12.0. The maximum absolute atomic E-state index is 13.1. The molecule has 0 bridgehead atoms. The SMILES string of the molecule is COc1cc(/C=N\NC(=O)c2ccc(N3CCCC3)cc2)cc(I)c1OCc1ccc(F)cc1. The average molecular weight is 573 g/mol. The summed E-state index contributed by atoms with van der Waals surface area (Å²) in [4.78, 5) is 14.8. The molecule has 0 aromatic heterocycles. The number of carbonyl (C=O) groups is 1. The molecule has 1 heterocycles. The number of hydrazone groups is 1. The molecule has 6 nitrogen and oxygen atoms in total. The number of carbonyl (C=O) groups excluding carboxylic acids is 1. The molecule has 34 heavy (non-hydrogen) atoms. The van der Waals surface area contributed by atoms with Gasteiger partial charge in [0, 0.05) is 24.3 Å². The van der Waals surface area contributed by atoms with Crippen LogP contribution in [0.1, 0.15) is 34.3 Å². The molecular weight excluding hydrogens is 548 g/mol. The predicted molar refractivity (Wildman–Crippen MR) is 139 cm³/mol. The number of hydrogen-bond donors (Lipinski definition) is 1. The van der Waals surface area contributed by atoms with E-state index in [1.807, 2.05) is 30.3 Å². The molecule has 176 valence electrons. The minimum Gasteiger partial charge on any atom is -0.493 e. The van der Waals surface area contributed by atoms with Crippen LogP contribution < -0.4 is 19.8 Å². The zero-order chi connectivity index (χ0) is 23.9. The topological polar surface area (TPSA) is 63.2 Å². The monoisotopic (exact) mass is 573 g/mol. The van der Waals surface area contributed by atoms with Gasteiger partial charge in [0.1, 0.15) is 12.4 Å². The highest BCUT2D eigenvalue weighted by molar-refractivity contribution is 14.1. The first kappa shape index (κ1) is 24.0. The van der Waals surface area contributed by atoms with Gasteiger partial charge < -0.3 is 14.4 Å². The van der Waals surface area contributed by atoms with Gasteiger partial charge in [-0.1, -0.05) is 12.1 Å². The molecule has 0 saturated carbocycles. The number of ether oxygens (including phenoxy) is 2. The molecule has 1 amide bonds. The van der Waals surface area contributed by atoms with Crippen molar-refractivity contribution in [2.24, 2.45) is 5.10 Å². The van der Waals surface area contributed by atoms with Gasteiger partial charge in [0.15, 0.2) is 11.5 Å². The summed E-state index contributed by atoms with van der Waals surface area (Å²) < 4.78 is 25.3. The lowest BCUT2D eigenvalue weighted by Crippen LogP contribution is -2.19. The molecule has 8 heteroatoms. The summed E-state index contributed by atoms with van der Waals surface area (Å²) in [5.41, 5.74) is 5.86. The molecule has 1 aliphatic rings. The summed E-state index contributed by atoms with van der Waals surface area (Å²) in [6, 6.07) is 17.4. The Morgan fingerprint density at radius 2 is 1.82 bits per heavy atom. The van der Waals surface area contributed by atoms with E-state index in [-0.39, 0.29) is 18.3 Å². The fourth-order valence-corrected chi connectivity index (χ4v) is 4.50. The molecule has 1 fully saturated rings. The molecule has 3 aromatic rings. The van der Waals surface area contributed by atoms with Crippen LogP contribution in [0.15, 0.2) is 65.8 Å². The summed E-state index contributed by atoms with van der Waals surface area (Å²) >= 11 is 2.16. The Kier molecular flexibility index (Phi) is 7.99. The summed E-state index contributed by atoms with van der Waals surface area (Å²) in [5.74, 6) is 0.571. The van der Waals surface area contributed by atoms with Gasteiger partial charge in [-0.05, 0) is 95.1 Å². The average Bonchev–Trinajstić information content (AvgIpc) is 3.39. The largest absolute Gasteiger partial charge is 0.493 e. The molecule has 3 aromatic carbocycles. The highest BCUT2D eigenvalue weighted by atomic mass is 127. The third-order valence-corrected chi connectivity index (χ3v) is 6.33. The number of amides is 1. The van der Waals surface area contributed by atoms with Gasteiger partial charge in [0.2, 0.25) is 0 Å². The number of rotatable bonds is 8. The fourth-order valence-electron chi connectivity index (χ4n) is 3.72. The third-order valence-electron chi connectivity index (χ3n) is 5.53. The number of benzene rings is 3. The van der Waals surface area contributed by atoms with Gasteiger partial charge in [-0.3, -0.25) is 4.79 Å². The predicted octanol–water partition coefficient (Wildman–Crippen LogP) is 5.38. The second-order valence-electron chi connectivity index (χ2n) is 7.89. The first-order chi connectivity index (χ1) is 16.5. The second kappa shape index (κ2) is 11.3. The summed E-state index contributed by atoms with van der Waals surface area (Å²) in [6.07, 6.45) is 3.98. The molecule has 4 rings (SSSR count). The summed E-state index contributed by atoms with van der Waals surface area (Å²) in [5, 5.41) is 4.10. The van der Waals surface area contributed by atoms with Gasteiger partial charge in [-0.2, -0.15) is 5.10 Å². The van der Waals surface area contributed by atoms with Crippen LogP contribution in [0.25, 0.3) is 0 Å². The highest BCUT2D eigenvalue weighted by Gasteiger charge is 2.14. The molecule has 1 saturated heterocycles. The molecule has 1 N–H and O–H groups in total. The smallest absolute Gasteiger partial charge is 0.271 e. The van der Waals surface area contributed by atoms with E-state index in [9.17, 15) is 9.18 Å². The van der Waals surface area contributed by atoms with Crippen LogP contribution in [0.2, 0.25) is 0 Å². The molecule has 0 spiro atoms. The Bertz CT molecular complexity index is 1160. The van der Waals surface area contributed by atoms with Crippen LogP contribution in [0, 0.1) is 9.39 Å². The van der Waals surface area contributed by atoms with Gasteiger partial charge in [0.05, 0.1) is 16.9 Å². The van der Waals surface area contributed by atoms with Crippen LogP contribution >= 0.6 is 22.6 Å². The fraction of sp³-hybridized carbons (Fsp3) is 0.231. The first-order valence-electron chi connectivity index (χ1n) is 11.0. The van der Waals surface area contributed by atoms with Gasteiger partial charge in [-0.25, -0.2) is 9.82 Å². The molecule has 1 aliphatic heterocycles. The Balaban J connectivity index is 1.37. The number of anilines is 1. The summed E-state index contributed by atoms with van der Waals surface area (Å²) in [7, 11) is 1.56. The van der Waals surface area contributed by atoms with Crippen LogP contribution in [-0.2, 0) is 6.61 Å². The van der Waals surface area contributed by atoms with Crippen LogP contribution in [0.4, 0.5) is 10.1 Å². The molecular formula is C26H25FIN3O3. The lowest BCUT2D eigenvalue weighted by Gasteiger charge is -2.17. The quantitative estimate of drug-likeness (QED) is 0.223. The van der Waals surface area contributed by atoms with Crippen molar-refractivity contribution in [2.75, 3.05) is 25.1 Å². The molecule has 0 aliphatic carbocycles. The Morgan fingerprint density at radius 3 is 2.50 bits per heavy atom.